The van der Waals surface area contributed by atoms with Crippen molar-refractivity contribution in [2.24, 2.45) is 0 Å². The molecule has 0 N–H and O–H groups in total. The van der Waals surface area contributed by atoms with Gasteiger partial charge in [-0.25, -0.2) is 0 Å². The molecule has 6 heteroatoms. The summed E-state index contributed by atoms with van der Waals surface area (Å²) in [6.07, 6.45) is 0. The Bertz CT molecular complexity index is 889. The minimum Gasteiger partial charge on any atom is -0.497 e. The van der Waals surface area contributed by atoms with Crippen LogP contribution in [0.15, 0.2) is 53.1 Å². The van der Waals surface area contributed by atoms with Crippen LogP contribution in [0.25, 0.3) is 11.4 Å². The summed E-state index contributed by atoms with van der Waals surface area (Å²) in [6, 6.07) is 17.3. The normalized spacial score (nSPS) is 17.2. The van der Waals surface area contributed by atoms with Crippen molar-refractivity contribution in [3.05, 3.63) is 54.1 Å². The molecule has 3 aromatic rings. The van der Waals surface area contributed by atoms with E-state index in [-0.39, 0.29) is 0 Å². The molecule has 1 aliphatic rings. The quantitative estimate of drug-likeness (QED) is 0.702. The highest BCUT2D eigenvalue weighted by molar-refractivity contribution is 5.57. The molecule has 1 saturated heterocycles. The Morgan fingerprint density at radius 2 is 1.78 bits per heavy atom. The molecule has 0 unspecified atom stereocenters. The lowest BCUT2D eigenvalue weighted by Gasteiger charge is -2.40. The van der Waals surface area contributed by atoms with Crippen LogP contribution in [0.1, 0.15) is 12.5 Å². The molecule has 1 fully saturated rings. The molecule has 0 radical (unpaired) electrons. The van der Waals surface area contributed by atoms with Crippen LogP contribution < -0.4 is 14.5 Å². The Kier molecular flexibility index (Phi) is 4.71. The maximum Gasteiger partial charge on any atom is 0.324 e. The highest BCUT2D eigenvalue weighted by Crippen LogP contribution is 2.26. The number of benzene rings is 2. The Morgan fingerprint density at radius 1 is 1.04 bits per heavy atom. The largest absolute Gasteiger partial charge is 0.497 e. The van der Waals surface area contributed by atoms with Crippen molar-refractivity contribution in [2.45, 2.75) is 19.9 Å². The van der Waals surface area contributed by atoms with E-state index in [1.807, 2.05) is 24.3 Å². The average molecular weight is 364 g/mol. The predicted octanol–water partition coefficient (Wildman–Crippen LogP) is 3.77. The molecule has 1 atom stereocenters. The van der Waals surface area contributed by atoms with Crippen LogP contribution in [0, 0.1) is 6.92 Å². The van der Waals surface area contributed by atoms with E-state index in [0.29, 0.717) is 17.9 Å². The molecule has 4 rings (SSSR count). The summed E-state index contributed by atoms with van der Waals surface area (Å²) < 4.78 is 10.7. The monoisotopic (exact) mass is 364 g/mol. The Hall–Kier alpha value is -3.02. The van der Waals surface area contributed by atoms with E-state index >= 15 is 0 Å². The van der Waals surface area contributed by atoms with E-state index in [9.17, 15) is 0 Å². The van der Waals surface area contributed by atoms with Gasteiger partial charge in [-0.3, -0.25) is 0 Å². The van der Waals surface area contributed by atoms with Crippen LogP contribution >= 0.6 is 0 Å². The molecule has 1 aromatic heterocycles. The lowest BCUT2D eigenvalue weighted by Crippen LogP contribution is -2.52. The van der Waals surface area contributed by atoms with E-state index in [1.54, 1.807) is 7.11 Å². The first-order valence-electron chi connectivity index (χ1n) is 9.20. The summed E-state index contributed by atoms with van der Waals surface area (Å²) >= 11 is 0. The van der Waals surface area contributed by atoms with Crippen LogP contribution in [-0.2, 0) is 0 Å². The number of ether oxygens (including phenoxy) is 1. The molecular weight excluding hydrogens is 340 g/mol. The minimum atomic E-state index is 0.359. The molecule has 0 saturated carbocycles. The van der Waals surface area contributed by atoms with Crippen molar-refractivity contribution in [2.75, 3.05) is 36.5 Å². The number of anilines is 2. The third kappa shape index (κ3) is 3.60. The second-order valence-corrected chi connectivity index (χ2v) is 6.95. The summed E-state index contributed by atoms with van der Waals surface area (Å²) in [5.74, 6) is 1.41. The summed E-state index contributed by atoms with van der Waals surface area (Å²) in [4.78, 5) is 9.18. The first-order valence-corrected chi connectivity index (χ1v) is 9.20. The molecule has 140 valence electrons. The van der Waals surface area contributed by atoms with E-state index in [0.717, 1.165) is 30.9 Å². The third-order valence-electron chi connectivity index (χ3n) is 5.03. The number of rotatable bonds is 4. The Morgan fingerprint density at radius 3 is 2.44 bits per heavy atom. The standard InChI is InChI=1S/C21H24N4O2/c1-15-4-8-18(9-5-15)25-13-12-24(14-16(25)2)21-22-20(23-27-21)17-6-10-19(26-3)11-7-17/h4-11,16H,12-14H2,1-3H3/t16-/m1/s1. The first-order chi connectivity index (χ1) is 13.1. The molecule has 0 bridgehead atoms. The van der Waals surface area contributed by atoms with Crippen LogP contribution in [0.4, 0.5) is 11.7 Å². The van der Waals surface area contributed by atoms with Crippen LogP contribution in [-0.4, -0.2) is 42.9 Å². The molecule has 0 spiro atoms. The third-order valence-corrected chi connectivity index (χ3v) is 5.03. The van der Waals surface area contributed by atoms with Gasteiger partial charge in [0.1, 0.15) is 5.75 Å². The highest BCUT2D eigenvalue weighted by atomic mass is 16.5. The van der Waals surface area contributed by atoms with Crippen LogP contribution in [0.5, 0.6) is 5.75 Å². The Balaban J connectivity index is 1.46. The van der Waals surface area contributed by atoms with Crippen molar-refractivity contribution in [1.82, 2.24) is 10.1 Å². The molecule has 2 aromatic carbocycles. The zero-order valence-electron chi connectivity index (χ0n) is 15.9. The van der Waals surface area contributed by atoms with E-state index in [1.165, 1.54) is 11.3 Å². The molecule has 2 heterocycles. The van der Waals surface area contributed by atoms with Gasteiger partial charge in [0.25, 0.3) is 0 Å². The van der Waals surface area contributed by atoms with Gasteiger partial charge in [-0.1, -0.05) is 22.9 Å². The minimum absolute atomic E-state index is 0.359. The number of piperazine rings is 1. The van der Waals surface area contributed by atoms with Crippen molar-refractivity contribution < 1.29 is 9.26 Å². The van der Waals surface area contributed by atoms with Crippen LogP contribution in [0.3, 0.4) is 0 Å². The van der Waals surface area contributed by atoms with Gasteiger partial charge in [-0.2, -0.15) is 4.98 Å². The van der Waals surface area contributed by atoms with Crippen LogP contribution in [0.2, 0.25) is 0 Å². The van der Waals surface area contributed by atoms with Gasteiger partial charge >= 0.3 is 6.01 Å². The number of aryl methyl sites for hydroxylation is 1. The maximum absolute atomic E-state index is 5.54. The van der Waals surface area contributed by atoms with Gasteiger partial charge in [-0.05, 0) is 50.2 Å². The summed E-state index contributed by atoms with van der Waals surface area (Å²) in [7, 11) is 1.65. The van der Waals surface area contributed by atoms with Crippen molar-refractivity contribution >= 4 is 11.7 Å². The summed E-state index contributed by atoms with van der Waals surface area (Å²) in [6.45, 7) is 6.96. The van der Waals surface area contributed by atoms with Gasteiger partial charge in [0.15, 0.2) is 0 Å². The van der Waals surface area contributed by atoms with Gasteiger partial charge < -0.3 is 19.1 Å². The molecule has 0 amide bonds. The molecule has 1 aliphatic heterocycles. The SMILES string of the molecule is COc1ccc(-c2noc(N3CCN(c4ccc(C)cc4)[C@H](C)C3)n2)cc1. The number of nitrogens with zero attached hydrogens (tertiary/aromatic N) is 4. The molecule has 0 aliphatic carbocycles. The van der Waals surface area contributed by atoms with E-state index in [2.05, 4.69) is 58.1 Å². The topological polar surface area (TPSA) is 54.6 Å². The van der Waals surface area contributed by atoms with E-state index < -0.39 is 0 Å². The van der Waals surface area contributed by atoms with Gasteiger partial charge in [0, 0.05) is 36.9 Å². The zero-order chi connectivity index (χ0) is 18.8. The fraction of sp³-hybridized carbons (Fsp3) is 0.333. The fourth-order valence-electron chi connectivity index (χ4n) is 3.45. The smallest absolute Gasteiger partial charge is 0.324 e. The van der Waals surface area contributed by atoms with Crippen molar-refractivity contribution in [3.8, 4) is 17.1 Å². The number of hydrogen-bond donors (Lipinski definition) is 0. The van der Waals surface area contributed by atoms with Gasteiger partial charge in [0.2, 0.25) is 5.82 Å². The Labute approximate surface area is 159 Å². The zero-order valence-corrected chi connectivity index (χ0v) is 15.9. The number of methoxy groups -OCH3 is 1. The lowest BCUT2D eigenvalue weighted by molar-refractivity contribution is 0.401. The van der Waals surface area contributed by atoms with Crippen molar-refractivity contribution in [1.29, 1.82) is 0 Å². The second-order valence-electron chi connectivity index (χ2n) is 6.95. The highest BCUT2D eigenvalue weighted by Gasteiger charge is 2.27. The number of hydrogen-bond acceptors (Lipinski definition) is 6. The first kappa shape index (κ1) is 17.4. The molecular formula is C21H24N4O2. The van der Waals surface area contributed by atoms with Gasteiger partial charge in [0.05, 0.1) is 7.11 Å². The van der Waals surface area contributed by atoms with Gasteiger partial charge in [-0.15, -0.1) is 0 Å². The lowest BCUT2D eigenvalue weighted by atomic mass is 10.1. The summed E-state index contributed by atoms with van der Waals surface area (Å²) in [5.41, 5.74) is 3.45. The average Bonchev–Trinajstić information content (AvgIpc) is 3.19. The second kappa shape index (κ2) is 7.31. The summed E-state index contributed by atoms with van der Waals surface area (Å²) in [5, 5.41) is 4.15. The molecule has 27 heavy (non-hydrogen) atoms. The van der Waals surface area contributed by atoms with Crippen molar-refractivity contribution in [3.63, 3.8) is 0 Å². The predicted molar refractivity (Wildman–Crippen MR) is 106 cm³/mol. The maximum atomic E-state index is 5.54. The van der Waals surface area contributed by atoms with E-state index in [4.69, 9.17) is 9.26 Å². The molecule has 6 nitrogen and oxygen atoms in total. The fourth-order valence-corrected chi connectivity index (χ4v) is 3.45. The number of aromatic nitrogens is 2.